The van der Waals surface area contributed by atoms with Gasteiger partial charge in [-0.3, -0.25) is 9.59 Å². The number of hydrogen-bond donors (Lipinski definition) is 1. The number of benzene rings is 3. The smallest absolute Gasteiger partial charge is 0.282 e. The van der Waals surface area contributed by atoms with Crippen LogP contribution in [0, 0.1) is 26.6 Å². The fourth-order valence-corrected chi connectivity index (χ4v) is 3.84. The summed E-state index contributed by atoms with van der Waals surface area (Å²) in [6.45, 7) is 5.77. The van der Waals surface area contributed by atoms with Crippen molar-refractivity contribution in [1.82, 2.24) is 0 Å². The maximum absolute atomic E-state index is 13.7. The first-order valence-corrected chi connectivity index (χ1v) is 10.6. The van der Waals surface area contributed by atoms with Crippen LogP contribution in [0.3, 0.4) is 0 Å². The number of amides is 2. The van der Waals surface area contributed by atoms with E-state index in [4.69, 9.17) is 23.2 Å². The van der Waals surface area contributed by atoms with Gasteiger partial charge >= 0.3 is 0 Å². The second-order valence-electron chi connectivity index (χ2n) is 7.68. The Morgan fingerprint density at radius 3 is 2.16 bits per heavy atom. The molecule has 4 rings (SSSR count). The molecule has 0 aliphatic carbocycles. The molecule has 0 bridgehead atoms. The maximum atomic E-state index is 13.7. The lowest BCUT2D eigenvalue weighted by atomic mass is 9.99. The molecule has 3 aromatic carbocycles. The number of imide groups is 1. The van der Waals surface area contributed by atoms with E-state index in [-0.39, 0.29) is 22.0 Å². The number of aryl methyl sites for hydroxylation is 3. The summed E-state index contributed by atoms with van der Waals surface area (Å²) < 4.78 is 13.7. The molecule has 1 aliphatic rings. The van der Waals surface area contributed by atoms with Crippen molar-refractivity contribution in [3.63, 3.8) is 0 Å². The lowest BCUT2D eigenvalue weighted by Gasteiger charge is -2.16. The molecule has 7 heteroatoms. The lowest BCUT2D eigenvalue weighted by molar-refractivity contribution is -0.120. The molecule has 2 amide bonds. The predicted octanol–water partition coefficient (Wildman–Crippen LogP) is 6.45. The third-order valence-electron chi connectivity index (χ3n) is 5.48. The van der Waals surface area contributed by atoms with E-state index in [0.29, 0.717) is 16.3 Å². The topological polar surface area (TPSA) is 49.4 Å². The van der Waals surface area contributed by atoms with Crippen LogP contribution in [0.2, 0.25) is 10.0 Å². The Morgan fingerprint density at radius 1 is 0.781 bits per heavy atom. The van der Waals surface area contributed by atoms with Gasteiger partial charge in [-0.25, -0.2) is 9.29 Å². The molecule has 0 aromatic heterocycles. The largest absolute Gasteiger partial charge is 0.350 e. The number of carbonyl (C=O) groups excluding carboxylic acids is 2. The first kappa shape index (κ1) is 22.1. The minimum Gasteiger partial charge on any atom is -0.350 e. The minimum absolute atomic E-state index is 0.110. The standard InChI is InChI=1S/C25H19Cl2FN2O2/c1-13-4-6-16(10-15(13)3)22-23(29-17-7-5-14(2)19(26)11-17)25(32)30(24(22)31)18-8-9-21(28)20(27)12-18/h4-12,29H,1-3H3. The van der Waals surface area contributed by atoms with Gasteiger partial charge in [-0.2, -0.15) is 0 Å². The van der Waals surface area contributed by atoms with Crippen molar-refractivity contribution in [1.29, 1.82) is 0 Å². The Labute approximate surface area is 195 Å². The molecule has 0 spiro atoms. The number of carbonyl (C=O) groups is 2. The first-order chi connectivity index (χ1) is 15.2. The van der Waals surface area contributed by atoms with E-state index < -0.39 is 17.6 Å². The van der Waals surface area contributed by atoms with E-state index in [9.17, 15) is 14.0 Å². The number of anilines is 2. The maximum Gasteiger partial charge on any atom is 0.282 e. The summed E-state index contributed by atoms with van der Waals surface area (Å²) in [5, 5.41) is 3.43. The molecular formula is C25H19Cl2FN2O2. The summed E-state index contributed by atoms with van der Waals surface area (Å²) in [6, 6.07) is 14.6. The summed E-state index contributed by atoms with van der Waals surface area (Å²) in [7, 11) is 0. The van der Waals surface area contributed by atoms with Crippen molar-refractivity contribution in [3.8, 4) is 0 Å². The van der Waals surface area contributed by atoms with Crippen LogP contribution in [0.1, 0.15) is 22.3 Å². The fraction of sp³-hybridized carbons (Fsp3) is 0.120. The second kappa shape index (κ2) is 8.41. The van der Waals surface area contributed by atoms with Gasteiger partial charge in [0.25, 0.3) is 11.8 Å². The molecule has 0 saturated carbocycles. The molecule has 0 saturated heterocycles. The molecule has 0 atom stereocenters. The molecule has 1 N–H and O–H groups in total. The number of nitrogens with zero attached hydrogens (tertiary/aromatic N) is 1. The lowest BCUT2D eigenvalue weighted by Crippen LogP contribution is -2.32. The highest BCUT2D eigenvalue weighted by molar-refractivity contribution is 6.46. The van der Waals surface area contributed by atoms with Gasteiger partial charge in [0.15, 0.2) is 0 Å². The van der Waals surface area contributed by atoms with E-state index in [1.165, 1.54) is 12.1 Å². The van der Waals surface area contributed by atoms with Gasteiger partial charge in [-0.1, -0.05) is 47.5 Å². The zero-order valence-corrected chi connectivity index (χ0v) is 19.1. The van der Waals surface area contributed by atoms with Crippen molar-refractivity contribution >= 4 is 52.0 Å². The highest BCUT2D eigenvalue weighted by Gasteiger charge is 2.40. The SMILES string of the molecule is Cc1ccc(C2=C(Nc3ccc(C)c(Cl)c3)C(=O)N(c3ccc(F)c(Cl)c3)C2=O)cc1C. The third kappa shape index (κ3) is 3.90. The molecule has 1 heterocycles. The molecule has 0 radical (unpaired) electrons. The molecule has 0 fully saturated rings. The summed E-state index contributed by atoms with van der Waals surface area (Å²) in [6.07, 6.45) is 0. The highest BCUT2D eigenvalue weighted by Crippen LogP contribution is 2.36. The first-order valence-electron chi connectivity index (χ1n) is 9.86. The number of nitrogens with one attached hydrogen (secondary N) is 1. The van der Waals surface area contributed by atoms with Crippen molar-refractivity contribution in [3.05, 3.63) is 98.4 Å². The van der Waals surface area contributed by atoms with Crippen LogP contribution in [0.5, 0.6) is 0 Å². The number of rotatable bonds is 4. The van der Waals surface area contributed by atoms with E-state index in [0.717, 1.165) is 27.7 Å². The van der Waals surface area contributed by atoms with Crippen LogP contribution in [-0.4, -0.2) is 11.8 Å². The van der Waals surface area contributed by atoms with Crippen molar-refractivity contribution in [2.45, 2.75) is 20.8 Å². The van der Waals surface area contributed by atoms with Crippen LogP contribution in [-0.2, 0) is 9.59 Å². The average Bonchev–Trinajstić information content (AvgIpc) is 2.99. The molecular weight excluding hydrogens is 450 g/mol. The Morgan fingerprint density at radius 2 is 1.50 bits per heavy atom. The van der Waals surface area contributed by atoms with Crippen LogP contribution in [0.25, 0.3) is 5.57 Å². The van der Waals surface area contributed by atoms with E-state index in [1.807, 2.05) is 39.0 Å². The Balaban J connectivity index is 1.85. The fourth-order valence-electron chi connectivity index (χ4n) is 3.48. The zero-order chi connectivity index (χ0) is 23.2. The van der Waals surface area contributed by atoms with Crippen molar-refractivity contribution in [2.24, 2.45) is 0 Å². The van der Waals surface area contributed by atoms with E-state index in [2.05, 4.69) is 5.32 Å². The molecule has 4 nitrogen and oxygen atoms in total. The van der Waals surface area contributed by atoms with Crippen LogP contribution in [0.15, 0.2) is 60.3 Å². The van der Waals surface area contributed by atoms with Crippen LogP contribution >= 0.6 is 23.2 Å². The third-order valence-corrected chi connectivity index (χ3v) is 6.18. The molecule has 3 aromatic rings. The average molecular weight is 469 g/mol. The van der Waals surface area contributed by atoms with E-state index in [1.54, 1.807) is 18.2 Å². The predicted molar refractivity (Wildman–Crippen MR) is 127 cm³/mol. The van der Waals surface area contributed by atoms with Gasteiger partial charge in [0.2, 0.25) is 0 Å². The van der Waals surface area contributed by atoms with Gasteiger partial charge in [0, 0.05) is 10.7 Å². The Hall–Kier alpha value is -3.15. The van der Waals surface area contributed by atoms with Gasteiger partial charge in [-0.05, 0) is 73.4 Å². The minimum atomic E-state index is -0.635. The van der Waals surface area contributed by atoms with Gasteiger partial charge in [-0.15, -0.1) is 0 Å². The second-order valence-corrected chi connectivity index (χ2v) is 8.50. The van der Waals surface area contributed by atoms with Gasteiger partial charge in [0.1, 0.15) is 11.5 Å². The van der Waals surface area contributed by atoms with Crippen LogP contribution < -0.4 is 10.2 Å². The molecule has 1 aliphatic heterocycles. The summed E-state index contributed by atoms with van der Waals surface area (Å²) in [5.74, 6) is -1.73. The molecule has 32 heavy (non-hydrogen) atoms. The highest BCUT2D eigenvalue weighted by atomic mass is 35.5. The Kier molecular flexibility index (Phi) is 5.80. The molecule has 0 unspecified atom stereocenters. The summed E-state index contributed by atoms with van der Waals surface area (Å²) >= 11 is 12.2. The normalized spacial score (nSPS) is 13.9. The number of hydrogen-bond acceptors (Lipinski definition) is 3. The van der Waals surface area contributed by atoms with Crippen molar-refractivity contribution < 1.29 is 14.0 Å². The Bertz CT molecular complexity index is 1320. The van der Waals surface area contributed by atoms with Gasteiger partial charge in [0.05, 0.1) is 16.3 Å². The van der Waals surface area contributed by atoms with Gasteiger partial charge < -0.3 is 5.32 Å². The van der Waals surface area contributed by atoms with E-state index >= 15 is 0 Å². The van der Waals surface area contributed by atoms with Crippen LogP contribution in [0.4, 0.5) is 15.8 Å². The summed E-state index contributed by atoms with van der Waals surface area (Å²) in [5.41, 5.74) is 4.61. The quantitative estimate of drug-likeness (QED) is 0.447. The summed E-state index contributed by atoms with van der Waals surface area (Å²) in [4.78, 5) is 27.9. The van der Waals surface area contributed by atoms with Crippen molar-refractivity contribution in [2.75, 3.05) is 10.2 Å². The number of halogens is 3. The molecule has 162 valence electrons. The monoisotopic (exact) mass is 468 g/mol. The zero-order valence-electron chi connectivity index (χ0n) is 17.6.